The van der Waals surface area contributed by atoms with Crippen LogP contribution < -0.4 is 5.73 Å². The second-order valence-corrected chi connectivity index (χ2v) is 11.0. The molecule has 1 aliphatic rings. The lowest BCUT2D eigenvalue weighted by Gasteiger charge is -2.29. The van der Waals surface area contributed by atoms with Gasteiger partial charge < -0.3 is 34.8 Å². The van der Waals surface area contributed by atoms with Crippen LogP contribution in [-0.4, -0.2) is 53.3 Å². The molecular formula is C13H16FN4O12P3. The molecule has 0 radical (unpaired) electrons. The summed E-state index contributed by atoms with van der Waals surface area (Å²) in [4.78, 5) is 34.3. The van der Waals surface area contributed by atoms with E-state index >= 15 is 0 Å². The van der Waals surface area contributed by atoms with Gasteiger partial charge in [-0.2, -0.15) is 8.62 Å². The van der Waals surface area contributed by atoms with Crippen LogP contribution >= 0.6 is 23.5 Å². The van der Waals surface area contributed by atoms with Crippen LogP contribution in [0, 0.1) is 18.2 Å². The van der Waals surface area contributed by atoms with Crippen LogP contribution in [0.4, 0.5) is 10.2 Å². The molecule has 1 saturated heterocycles. The van der Waals surface area contributed by atoms with Gasteiger partial charge in [-0.3, -0.25) is 4.52 Å². The Balaban J connectivity index is 1.92. The van der Waals surface area contributed by atoms with E-state index in [2.05, 4.69) is 23.1 Å². The molecule has 1 fully saturated rings. The fourth-order valence-corrected chi connectivity index (χ4v) is 6.39. The van der Waals surface area contributed by atoms with Crippen molar-refractivity contribution in [2.24, 2.45) is 0 Å². The minimum absolute atomic E-state index is 0.0499. The van der Waals surface area contributed by atoms with Gasteiger partial charge in [-0.25, -0.2) is 32.6 Å². The standard InChI is InChI=1S/C13H16FN4O12P3/c1-3-13(28-33(25,26-2)30-32(23,24)29-31(20,21)22)8(19)4-9(27-13)18-5-7(14)10-11(15)16-6-17-12(10)18/h1,5-6,8-9,19H,4H2,2H3,(H,23,24)(H2,15,16,17)(H2,20,21,22)/t8-,9+,13+,33?/m0/s1. The van der Waals surface area contributed by atoms with E-state index in [4.69, 9.17) is 31.2 Å². The second kappa shape index (κ2) is 8.79. The lowest BCUT2D eigenvalue weighted by Crippen LogP contribution is -2.40. The first kappa shape index (κ1) is 25.9. The number of nitrogen functional groups attached to an aromatic ring is 1. The molecule has 0 bridgehead atoms. The number of phosphoric ester groups is 1. The monoisotopic (exact) mass is 532 g/mol. The average molecular weight is 532 g/mol. The lowest BCUT2D eigenvalue weighted by molar-refractivity contribution is -0.187. The number of terminal acetylenes is 1. The normalized spacial score (nSPS) is 27.2. The molecule has 0 amide bonds. The number of fused-ring (bicyclic) bond motifs is 1. The van der Waals surface area contributed by atoms with Crippen LogP contribution in [0.3, 0.4) is 0 Å². The van der Waals surface area contributed by atoms with E-state index < -0.39 is 53.8 Å². The topological polar surface area (TPSA) is 235 Å². The molecule has 182 valence electrons. The number of phosphoric acid groups is 3. The van der Waals surface area contributed by atoms with Crippen LogP contribution in [-0.2, 0) is 36.1 Å². The molecule has 16 nitrogen and oxygen atoms in total. The molecule has 6 N–H and O–H groups in total. The zero-order valence-electron chi connectivity index (χ0n) is 16.3. The van der Waals surface area contributed by atoms with E-state index in [0.717, 1.165) is 17.1 Å². The summed E-state index contributed by atoms with van der Waals surface area (Å²) in [5, 5.41) is 10.3. The van der Waals surface area contributed by atoms with Crippen molar-refractivity contribution < 1.29 is 60.3 Å². The number of aromatic nitrogens is 3. The second-order valence-electron chi connectivity index (χ2n) is 6.32. The Morgan fingerprint density at radius 3 is 2.58 bits per heavy atom. The molecule has 33 heavy (non-hydrogen) atoms. The maximum Gasteiger partial charge on any atom is 0.490 e. The van der Waals surface area contributed by atoms with Crippen molar-refractivity contribution in [2.75, 3.05) is 12.8 Å². The van der Waals surface area contributed by atoms with Crippen LogP contribution in [0.5, 0.6) is 0 Å². The largest absolute Gasteiger partial charge is 0.490 e. The van der Waals surface area contributed by atoms with E-state index in [1.54, 1.807) is 0 Å². The first-order chi connectivity index (χ1) is 15.1. The van der Waals surface area contributed by atoms with Crippen LogP contribution in [0.25, 0.3) is 11.0 Å². The van der Waals surface area contributed by atoms with Crippen LogP contribution in [0.2, 0.25) is 0 Å². The average Bonchev–Trinajstić information content (AvgIpc) is 3.17. The molecule has 2 aromatic rings. The molecular weight excluding hydrogens is 516 g/mol. The third-order valence-electron chi connectivity index (χ3n) is 4.16. The zero-order chi connectivity index (χ0) is 24.8. The summed E-state index contributed by atoms with van der Waals surface area (Å²) < 4.78 is 73.2. The third kappa shape index (κ3) is 5.33. The predicted molar refractivity (Wildman–Crippen MR) is 104 cm³/mol. The molecule has 0 aliphatic carbocycles. The van der Waals surface area contributed by atoms with Gasteiger partial charge in [-0.05, 0) is 5.92 Å². The van der Waals surface area contributed by atoms with Gasteiger partial charge in [0.05, 0.1) is 5.39 Å². The minimum Gasteiger partial charge on any atom is -0.386 e. The summed E-state index contributed by atoms with van der Waals surface area (Å²) in [6.45, 7) is 0. The van der Waals surface area contributed by atoms with E-state index in [1.165, 1.54) is 0 Å². The van der Waals surface area contributed by atoms with Crippen molar-refractivity contribution in [3.8, 4) is 12.3 Å². The molecule has 3 heterocycles. The SMILES string of the molecule is C#C[C@]1(OP(=O)(OC)OP(=O)(O)OP(=O)(O)O)O[C@@H](n2cc(F)c3c(N)ncnc32)C[C@@H]1O. The van der Waals surface area contributed by atoms with Crippen molar-refractivity contribution in [2.45, 2.75) is 24.5 Å². The van der Waals surface area contributed by atoms with Crippen LogP contribution in [0.1, 0.15) is 12.6 Å². The summed E-state index contributed by atoms with van der Waals surface area (Å²) in [6, 6.07) is 0. The van der Waals surface area contributed by atoms with Gasteiger partial charge in [0.25, 0.3) is 5.79 Å². The number of anilines is 1. The maximum absolute atomic E-state index is 14.3. The fraction of sp³-hybridized carbons (Fsp3) is 0.385. The third-order valence-corrected chi connectivity index (χ3v) is 8.41. The van der Waals surface area contributed by atoms with Crippen molar-refractivity contribution in [3.63, 3.8) is 0 Å². The summed E-state index contributed by atoms with van der Waals surface area (Å²) in [5.74, 6) is -1.82. The van der Waals surface area contributed by atoms with E-state index in [-0.39, 0.29) is 16.9 Å². The molecule has 1 aliphatic heterocycles. The number of hydrogen-bond acceptors (Lipinski definition) is 12. The number of nitrogens with zero attached hydrogens (tertiary/aromatic N) is 3. The molecule has 0 aromatic carbocycles. The first-order valence-corrected chi connectivity index (χ1v) is 12.9. The summed E-state index contributed by atoms with van der Waals surface area (Å²) >= 11 is 0. The molecule has 3 rings (SSSR count). The van der Waals surface area contributed by atoms with Gasteiger partial charge in [0, 0.05) is 19.7 Å². The number of hydrogen-bond donors (Lipinski definition) is 5. The van der Waals surface area contributed by atoms with Gasteiger partial charge in [0.15, 0.2) is 11.5 Å². The molecule has 2 unspecified atom stereocenters. The number of rotatable bonds is 8. The molecule has 5 atom stereocenters. The van der Waals surface area contributed by atoms with E-state index in [0.29, 0.717) is 7.11 Å². The highest BCUT2D eigenvalue weighted by Gasteiger charge is 2.56. The van der Waals surface area contributed by atoms with E-state index in [9.17, 15) is 28.1 Å². The number of ether oxygens (including phenoxy) is 1. The van der Waals surface area contributed by atoms with Crippen LogP contribution in [0.15, 0.2) is 12.5 Å². The smallest absolute Gasteiger partial charge is 0.386 e. The molecule has 0 spiro atoms. The molecule has 2 aromatic heterocycles. The first-order valence-electron chi connectivity index (χ1n) is 8.42. The highest BCUT2D eigenvalue weighted by molar-refractivity contribution is 7.66. The Labute approximate surface area is 183 Å². The number of aliphatic hydroxyl groups excluding tert-OH is 1. The van der Waals surface area contributed by atoms with E-state index in [1.807, 2.05) is 5.92 Å². The number of halogens is 1. The summed E-state index contributed by atoms with van der Waals surface area (Å²) in [5.41, 5.74) is 5.59. The highest BCUT2D eigenvalue weighted by Crippen LogP contribution is 2.69. The molecule has 0 saturated carbocycles. The number of nitrogens with two attached hydrogens (primary N) is 1. The molecule has 20 heteroatoms. The van der Waals surface area contributed by atoms with Gasteiger partial charge in [0.2, 0.25) is 0 Å². The lowest BCUT2D eigenvalue weighted by atomic mass is 10.1. The van der Waals surface area contributed by atoms with Gasteiger partial charge in [-0.1, -0.05) is 0 Å². The number of aliphatic hydroxyl groups is 1. The quantitative estimate of drug-likeness (QED) is 0.233. The summed E-state index contributed by atoms with van der Waals surface area (Å²) in [6.07, 6.45) is 3.81. The minimum atomic E-state index is -5.74. The Morgan fingerprint density at radius 2 is 2.00 bits per heavy atom. The Morgan fingerprint density at radius 1 is 1.33 bits per heavy atom. The fourth-order valence-electron chi connectivity index (χ4n) is 2.89. The van der Waals surface area contributed by atoms with Crippen molar-refractivity contribution in [3.05, 3.63) is 18.3 Å². The Kier molecular flexibility index (Phi) is 6.89. The van der Waals surface area contributed by atoms with Gasteiger partial charge >= 0.3 is 23.5 Å². The van der Waals surface area contributed by atoms with Crippen molar-refractivity contribution >= 4 is 40.3 Å². The summed E-state index contributed by atoms with van der Waals surface area (Å²) in [7, 11) is -15.9. The predicted octanol–water partition coefficient (Wildman–Crippen LogP) is 0.759. The van der Waals surface area contributed by atoms with Gasteiger partial charge in [0.1, 0.15) is 24.5 Å². The van der Waals surface area contributed by atoms with Crippen molar-refractivity contribution in [1.82, 2.24) is 14.5 Å². The Hall–Kier alpha value is -1.76. The van der Waals surface area contributed by atoms with Crippen molar-refractivity contribution in [1.29, 1.82) is 0 Å². The van der Waals surface area contributed by atoms with Gasteiger partial charge in [-0.15, -0.1) is 6.42 Å². The zero-order valence-corrected chi connectivity index (χ0v) is 19.0. The highest BCUT2D eigenvalue weighted by atomic mass is 31.3. The maximum atomic E-state index is 14.3. The Bertz CT molecular complexity index is 1260.